The fourth-order valence-electron chi connectivity index (χ4n) is 12.8. The number of ether oxygens (including phenoxy) is 6. The van der Waals surface area contributed by atoms with E-state index in [0.717, 1.165) is 200 Å². The van der Waals surface area contributed by atoms with Crippen molar-refractivity contribution < 1.29 is 67.8 Å². The van der Waals surface area contributed by atoms with Gasteiger partial charge in [0.05, 0.1) is 38.0 Å². The molecule has 20 heteroatoms. The zero-order valence-electron chi connectivity index (χ0n) is 68.5. The van der Waals surface area contributed by atoms with E-state index in [1.54, 1.807) is 0 Å². The Bertz CT molecular complexity index is 2050. The number of unbranched alkanes of at least 4 members (excludes halogenated alkanes) is 24. The van der Waals surface area contributed by atoms with E-state index in [2.05, 4.69) is 88.8 Å². The molecule has 4 unspecified atom stereocenters. The third-order valence-corrected chi connectivity index (χ3v) is 19.8. The van der Waals surface area contributed by atoms with Crippen LogP contribution in [0.3, 0.4) is 0 Å². The summed E-state index contributed by atoms with van der Waals surface area (Å²) in [6.07, 6.45) is 43.7. The van der Waals surface area contributed by atoms with Crippen LogP contribution < -0.4 is 4.74 Å². The number of nitro groups is 1. The van der Waals surface area contributed by atoms with Gasteiger partial charge in [0.15, 0.2) is 0 Å². The van der Waals surface area contributed by atoms with Gasteiger partial charge in [0.1, 0.15) is 24.6 Å². The summed E-state index contributed by atoms with van der Waals surface area (Å²) < 4.78 is 33.5. The number of aliphatic hydroxyl groups is 3. The first-order valence-corrected chi connectivity index (χ1v) is 42.6. The summed E-state index contributed by atoms with van der Waals surface area (Å²) in [4.78, 5) is 68.8. The van der Waals surface area contributed by atoms with Gasteiger partial charge < -0.3 is 53.5 Å². The van der Waals surface area contributed by atoms with E-state index in [0.29, 0.717) is 64.1 Å². The van der Waals surface area contributed by atoms with Gasteiger partial charge in [0.25, 0.3) is 5.69 Å². The topological polar surface area (TPSA) is 240 Å². The van der Waals surface area contributed by atoms with Crippen LogP contribution in [0.2, 0.25) is 0 Å². The van der Waals surface area contributed by atoms with Crippen LogP contribution in [0.15, 0.2) is 24.3 Å². The number of aliphatic hydroxyl groups excluding tert-OH is 3. The summed E-state index contributed by atoms with van der Waals surface area (Å²) in [7, 11) is 0. The highest BCUT2D eigenvalue weighted by molar-refractivity contribution is 5.69. The minimum Gasteiger partial charge on any atom is -0.465 e. The number of benzene rings is 1. The molecule has 20 nitrogen and oxygen atoms in total. The summed E-state index contributed by atoms with van der Waals surface area (Å²) >= 11 is 0. The minimum atomic E-state index is -0.769. The first-order valence-electron chi connectivity index (χ1n) is 42.6. The number of nitrogens with zero attached hydrogens (tertiary/aromatic N) is 5. The number of hydrogen-bond acceptors (Lipinski definition) is 19. The van der Waals surface area contributed by atoms with E-state index >= 15 is 0 Å². The highest BCUT2D eigenvalue weighted by atomic mass is 16.7. The monoisotopic (exact) mass is 1480 g/mol. The Morgan fingerprint density at radius 1 is 0.365 bits per heavy atom. The third kappa shape index (κ3) is 64.9. The van der Waals surface area contributed by atoms with Gasteiger partial charge in [-0.25, -0.2) is 9.59 Å². The molecule has 612 valence electrons. The predicted octanol–water partition coefficient (Wildman–Crippen LogP) is 20.1. The number of nitro benzene ring substituents is 1. The molecule has 0 saturated carbocycles. The number of esters is 2. The number of hydrogen-bond donors (Lipinski definition) is 3. The van der Waals surface area contributed by atoms with Gasteiger partial charge in [-0.15, -0.1) is 0 Å². The van der Waals surface area contributed by atoms with Crippen LogP contribution in [0.25, 0.3) is 0 Å². The van der Waals surface area contributed by atoms with Crippen molar-refractivity contribution in [2.75, 3.05) is 118 Å². The van der Waals surface area contributed by atoms with Crippen LogP contribution in [0.5, 0.6) is 5.75 Å². The standard InChI is InChI=1S/C39H78N2O6.C35H59NO7.C10H24N2O2/c1-6-11-14-20-25-36(24-13-8-3)35-46-38(43)28-23-19-17-16-18-22-27-37(26-21-15-12-7-2)47-39(44)45-34-32-41(31-33-42)30-29-40(9-4)10-5;1-4-7-10-16-21-30(20-9-6-3)29-41-34(37)24-19-15-13-12-14-18-23-32(22-17-11-8-5-2)42-35(38)43-33-27-25-31(26-28-33)36(39)40;1-3-11(4-2)5-6-12(7-9-13)8-10-14/h36-37,42H,6-35H2,1-5H3;25-28,30,32H,4-24,29H2,1-3H3;13-14H,3-10H2,1-2H3. The first kappa shape index (κ1) is 102. The highest BCUT2D eigenvalue weighted by Gasteiger charge is 2.20. The van der Waals surface area contributed by atoms with Crippen LogP contribution in [0, 0.1) is 22.0 Å². The van der Waals surface area contributed by atoms with Crippen LogP contribution in [-0.4, -0.2) is 194 Å². The maximum Gasteiger partial charge on any atom is 0.514 e. The molecule has 0 radical (unpaired) electrons. The lowest BCUT2D eigenvalue weighted by Gasteiger charge is -2.25. The highest BCUT2D eigenvalue weighted by Crippen LogP contribution is 2.24. The van der Waals surface area contributed by atoms with Crippen LogP contribution in [0.4, 0.5) is 15.3 Å². The number of carbonyl (C=O) groups excluding carboxylic acids is 4. The van der Waals surface area contributed by atoms with E-state index in [1.165, 1.54) is 133 Å². The molecular formula is C84H161N5O15. The molecule has 1 aromatic carbocycles. The number of likely N-dealkylation sites (N-methyl/N-ethyl adjacent to an activating group) is 2. The SMILES string of the molecule is CCCCCCC(CCCC)COC(=O)CCCCCCCCC(CCCCCC)OC(=O)OCCN(CCO)CCN(CC)CC.CCCCCCC(CCCC)COC(=O)CCCCCCCCC(CCCCCC)OC(=O)Oc1ccc([N+](=O)[O-])cc1.CCN(CC)CCN(CCO)CCO. The van der Waals surface area contributed by atoms with Gasteiger partial charge in [-0.3, -0.25) is 29.5 Å². The fraction of sp³-hybridized carbons (Fsp3) is 0.881. The maximum absolute atomic E-state index is 12.5. The largest absolute Gasteiger partial charge is 0.514 e. The zero-order valence-corrected chi connectivity index (χ0v) is 68.5. The molecule has 0 saturated heterocycles. The van der Waals surface area contributed by atoms with Crippen molar-refractivity contribution in [2.45, 2.75) is 351 Å². The molecule has 0 spiro atoms. The molecule has 0 fully saturated rings. The summed E-state index contributed by atoms with van der Waals surface area (Å²) in [6, 6.07) is 5.40. The molecule has 1 rings (SSSR count). The maximum atomic E-state index is 12.5. The summed E-state index contributed by atoms with van der Waals surface area (Å²) in [5.74, 6) is 1.16. The second kappa shape index (κ2) is 77.0. The molecule has 0 aliphatic rings. The molecule has 3 N–H and O–H groups in total. The number of rotatable bonds is 71. The van der Waals surface area contributed by atoms with Crippen molar-refractivity contribution in [3.8, 4) is 5.75 Å². The minimum absolute atomic E-state index is 0.0317. The van der Waals surface area contributed by atoms with Crippen molar-refractivity contribution in [1.82, 2.24) is 19.6 Å². The average Bonchev–Trinajstić information content (AvgIpc) is 0.911. The Balaban J connectivity index is 0. The molecule has 0 aromatic heterocycles. The molecule has 104 heavy (non-hydrogen) atoms. The molecular weight excluding hydrogens is 1320 g/mol. The quantitative estimate of drug-likeness (QED) is 0.0137. The fourth-order valence-corrected chi connectivity index (χ4v) is 12.8. The van der Waals surface area contributed by atoms with E-state index in [-0.39, 0.29) is 62.0 Å². The molecule has 0 bridgehead atoms. The lowest BCUT2D eigenvalue weighted by molar-refractivity contribution is -0.384. The normalized spacial score (nSPS) is 12.5. The number of carbonyl (C=O) groups is 4. The van der Waals surface area contributed by atoms with Crippen molar-refractivity contribution in [2.24, 2.45) is 11.8 Å². The van der Waals surface area contributed by atoms with E-state index in [9.17, 15) is 34.4 Å². The average molecular weight is 1480 g/mol. The van der Waals surface area contributed by atoms with Gasteiger partial charge in [-0.05, 0) is 140 Å². The third-order valence-electron chi connectivity index (χ3n) is 19.8. The van der Waals surface area contributed by atoms with Crippen LogP contribution in [0.1, 0.15) is 339 Å². The summed E-state index contributed by atoms with van der Waals surface area (Å²) in [6.45, 7) is 34.0. The van der Waals surface area contributed by atoms with E-state index in [1.807, 2.05) is 0 Å². The van der Waals surface area contributed by atoms with Crippen LogP contribution in [-0.2, 0) is 33.3 Å². The van der Waals surface area contributed by atoms with Crippen LogP contribution >= 0.6 is 0 Å². The van der Waals surface area contributed by atoms with Gasteiger partial charge in [-0.1, -0.05) is 236 Å². The Morgan fingerprint density at radius 2 is 0.673 bits per heavy atom. The Morgan fingerprint density at radius 3 is 1.02 bits per heavy atom. The first-order chi connectivity index (χ1) is 50.6. The van der Waals surface area contributed by atoms with Gasteiger partial charge in [0.2, 0.25) is 0 Å². The molecule has 1 aromatic rings. The lowest BCUT2D eigenvalue weighted by atomic mass is 9.96. The Hall–Kier alpha value is -4.18. The molecule has 0 heterocycles. The number of non-ortho nitro benzene ring substituents is 1. The van der Waals surface area contributed by atoms with E-state index < -0.39 is 17.2 Å². The second-order valence-corrected chi connectivity index (χ2v) is 28.7. The van der Waals surface area contributed by atoms with Crippen molar-refractivity contribution in [3.63, 3.8) is 0 Å². The van der Waals surface area contributed by atoms with Crippen molar-refractivity contribution in [3.05, 3.63) is 34.4 Å². The Kier molecular flexibility index (Phi) is 75.4. The molecule has 4 atom stereocenters. The zero-order chi connectivity index (χ0) is 77.2. The van der Waals surface area contributed by atoms with Gasteiger partial charge in [-0.2, -0.15) is 0 Å². The van der Waals surface area contributed by atoms with E-state index in [4.69, 9.17) is 38.6 Å². The molecule has 0 aliphatic heterocycles. The molecule has 0 amide bonds. The van der Waals surface area contributed by atoms with Crippen molar-refractivity contribution >= 4 is 29.9 Å². The predicted molar refractivity (Wildman–Crippen MR) is 427 cm³/mol. The van der Waals surface area contributed by atoms with Crippen molar-refractivity contribution in [1.29, 1.82) is 0 Å². The second-order valence-electron chi connectivity index (χ2n) is 28.7. The smallest absolute Gasteiger partial charge is 0.465 e. The Labute approximate surface area is 635 Å². The molecule has 0 aliphatic carbocycles. The van der Waals surface area contributed by atoms with Gasteiger partial charge >= 0.3 is 24.2 Å². The summed E-state index contributed by atoms with van der Waals surface area (Å²) in [5, 5.41) is 37.9. The van der Waals surface area contributed by atoms with Gasteiger partial charge in [0, 0.05) is 77.3 Å². The lowest BCUT2D eigenvalue weighted by Crippen LogP contribution is -2.38. The summed E-state index contributed by atoms with van der Waals surface area (Å²) in [5.41, 5.74) is -0.0612.